The van der Waals surface area contributed by atoms with Gasteiger partial charge < -0.3 is 4.81 Å². The van der Waals surface area contributed by atoms with Crippen LogP contribution in [-0.2, 0) is 0 Å². The second-order valence-corrected chi connectivity index (χ2v) is 10.2. The van der Waals surface area contributed by atoms with E-state index in [2.05, 4.69) is 97.7 Å². The summed E-state index contributed by atoms with van der Waals surface area (Å²) in [7, 11) is 4.44. The van der Waals surface area contributed by atoms with E-state index in [4.69, 9.17) is 0 Å². The van der Waals surface area contributed by atoms with Crippen molar-refractivity contribution in [3.63, 3.8) is 0 Å². The third kappa shape index (κ3) is 7.21. The first-order valence-corrected chi connectivity index (χ1v) is 10.2. The van der Waals surface area contributed by atoms with Crippen LogP contribution in [0.1, 0.15) is 61.3 Å². The molecule has 3 heteroatoms. The SMILES string of the molecule is CCB(CC(C)(C)CCC(C)B(c1ccccc1)C(C)(C)C)N(C)C. The van der Waals surface area contributed by atoms with E-state index in [1.165, 1.54) is 30.9 Å². The van der Waals surface area contributed by atoms with E-state index in [-0.39, 0.29) is 0 Å². The molecule has 1 rings (SSSR count). The maximum absolute atomic E-state index is 2.46. The Kier molecular flexibility index (Phi) is 8.32. The fourth-order valence-corrected chi connectivity index (χ4v) is 4.56. The highest BCUT2D eigenvalue weighted by Gasteiger charge is 2.36. The van der Waals surface area contributed by atoms with Gasteiger partial charge in [0.25, 0.3) is 0 Å². The van der Waals surface area contributed by atoms with E-state index < -0.39 is 0 Å². The summed E-state index contributed by atoms with van der Waals surface area (Å²) in [6.07, 6.45) is 5.13. The molecule has 1 unspecified atom stereocenters. The van der Waals surface area contributed by atoms with Crippen LogP contribution in [0.3, 0.4) is 0 Å². The third-order valence-corrected chi connectivity index (χ3v) is 5.93. The second kappa shape index (κ2) is 9.31. The number of rotatable bonds is 9. The summed E-state index contributed by atoms with van der Waals surface area (Å²) in [6, 6.07) is 11.1. The van der Waals surface area contributed by atoms with Crippen LogP contribution in [0.5, 0.6) is 0 Å². The number of nitrogens with zero attached hydrogens (tertiary/aromatic N) is 1. The summed E-state index contributed by atoms with van der Waals surface area (Å²) >= 11 is 0. The Hall–Kier alpha value is -0.690. The topological polar surface area (TPSA) is 3.24 Å². The monoisotopic (exact) mass is 341 g/mol. The summed E-state index contributed by atoms with van der Waals surface area (Å²) in [6.45, 7) is 18.2. The minimum absolute atomic E-state index is 0.292. The first kappa shape index (κ1) is 22.4. The first-order chi connectivity index (χ1) is 11.5. The molecule has 25 heavy (non-hydrogen) atoms. The van der Waals surface area contributed by atoms with Gasteiger partial charge in [-0.15, -0.1) is 0 Å². The standard InChI is InChI=1S/C22H41B2N/c1-10-23(25(8)9)18-22(6,7)17-16-19(2)24(21(3,4)5)20-14-12-11-13-15-20/h11-15,19H,10,16-18H2,1-9H3. The average molecular weight is 341 g/mol. The Labute approximate surface area is 159 Å². The lowest BCUT2D eigenvalue weighted by Crippen LogP contribution is -2.42. The molecular weight excluding hydrogens is 300 g/mol. The van der Waals surface area contributed by atoms with Crippen LogP contribution in [0.4, 0.5) is 0 Å². The molecule has 0 radical (unpaired) electrons. The van der Waals surface area contributed by atoms with Crippen LogP contribution in [0, 0.1) is 5.41 Å². The molecule has 0 aliphatic heterocycles. The molecule has 0 heterocycles. The van der Waals surface area contributed by atoms with Crippen molar-refractivity contribution >= 4 is 19.0 Å². The summed E-state index contributed by atoms with van der Waals surface area (Å²) in [5.41, 5.74) is 1.90. The van der Waals surface area contributed by atoms with Crippen molar-refractivity contribution in [1.82, 2.24) is 4.81 Å². The average Bonchev–Trinajstić information content (AvgIpc) is 2.50. The molecule has 0 spiro atoms. The van der Waals surface area contributed by atoms with E-state index in [0.717, 1.165) is 0 Å². The van der Waals surface area contributed by atoms with Gasteiger partial charge >= 0.3 is 0 Å². The predicted octanol–water partition coefficient (Wildman–Crippen LogP) is 5.96. The summed E-state index contributed by atoms with van der Waals surface area (Å²) < 4.78 is 0. The Balaban J connectivity index is 2.79. The fourth-order valence-electron chi connectivity index (χ4n) is 4.56. The second-order valence-electron chi connectivity index (χ2n) is 10.2. The van der Waals surface area contributed by atoms with Gasteiger partial charge in [-0.05, 0) is 25.9 Å². The van der Waals surface area contributed by atoms with Crippen molar-refractivity contribution < 1.29 is 0 Å². The number of hydrogen-bond donors (Lipinski definition) is 0. The fraction of sp³-hybridized carbons (Fsp3) is 0.727. The maximum Gasteiger partial charge on any atom is 0.222 e. The first-order valence-electron chi connectivity index (χ1n) is 10.2. The molecule has 0 aromatic heterocycles. The minimum Gasteiger partial charge on any atom is -0.347 e. The number of hydrogen-bond acceptors (Lipinski definition) is 1. The number of benzene rings is 1. The molecule has 0 fully saturated rings. The molecular formula is C22H41B2N. The van der Waals surface area contributed by atoms with Crippen LogP contribution < -0.4 is 5.46 Å². The zero-order valence-electron chi connectivity index (χ0n) is 18.4. The van der Waals surface area contributed by atoms with Crippen molar-refractivity contribution in [2.75, 3.05) is 14.1 Å². The molecule has 0 saturated heterocycles. The third-order valence-electron chi connectivity index (χ3n) is 5.93. The predicted molar refractivity (Wildman–Crippen MR) is 119 cm³/mol. The molecule has 0 N–H and O–H groups in total. The highest BCUT2D eigenvalue weighted by molar-refractivity contribution is 6.77. The molecule has 0 aliphatic carbocycles. The maximum atomic E-state index is 2.46. The van der Waals surface area contributed by atoms with Gasteiger partial charge in [0.05, 0.1) is 0 Å². The van der Waals surface area contributed by atoms with Gasteiger partial charge in [0, 0.05) is 0 Å². The van der Waals surface area contributed by atoms with Crippen molar-refractivity contribution in [1.29, 1.82) is 0 Å². The van der Waals surface area contributed by atoms with Crippen molar-refractivity contribution in [2.45, 2.75) is 85.1 Å². The molecule has 1 nitrogen and oxygen atoms in total. The van der Waals surface area contributed by atoms with Crippen LogP contribution in [0.15, 0.2) is 30.3 Å². The normalized spacial score (nSPS) is 13.8. The van der Waals surface area contributed by atoms with E-state index >= 15 is 0 Å². The van der Waals surface area contributed by atoms with Crippen molar-refractivity contribution in [2.24, 2.45) is 5.41 Å². The lowest BCUT2D eigenvalue weighted by atomic mass is 9.25. The molecule has 140 valence electrons. The van der Waals surface area contributed by atoms with Gasteiger partial charge in [-0.3, -0.25) is 0 Å². The van der Waals surface area contributed by atoms with E-state index in [1.807, 2.05) is 0 Å². The quantitative estimate of drug-likeness (QED) is 0.501. The van der Waals surface area contributed by atoms with Crippen LogP contribution in [0.2, 0.25) is 23.8 Å². The Morgan fingerprint density at radius 2 is 1.56 bits per heavy atom. The lowest BCUT2D eigenvalue weighted by molar-refractivity contribution is 0.351. The van der Waals surface area contributed by atoms with Gasteiger partial charge in [0.1, 0.15) is 0 Å². The van der Waals surface area contributed by atoms with Crippen LogP contribution in [-0.4, -0.2) is 32.5 Å². The molecule has 1 aromatic carbocycles. The Bertz CT molecular complexity index is 490. The summed E-state index contributed by atoms with van der Waals surface area (Å²) in [5.74, 6) is 0.695. The largest absolute Gasteiger partial charge is 0.347 e. The van der Waals surface area contributed by atoms with Crippen LogP contribution in [0.25, 0.3) is 0 Å². The van der Waals surface area contributed by atoms with E-state index in [1.54, 1.807) is 0 Å². The molecule has 1 aromatic rings. The van der Waals surface area contributed by atoms with Gasteiger partial charge in [-0.2, -0.15) is 0 Å². The molecule has 0 saturated carbocycles. The van der Waals surface area contributed by atoms with Crippen molar-refractivity contribution in [3.8, 4) is 0 Å². The highest BCUT2D eigenvalue weighted by Crippen LogP contribution is 2.39. The molecule has 0 bridgehead atoms. The minimum atomic E-state index is 0.292. The molecule has 1 atom stereocenters. The molecule has 0 amide bonds. The Morgan fingerprint density at radius 1 is 1.00 bits per heavy atom. The zero-order chi connectivity index (χ0) is 19.3. The van der Waals surface area contributed by atoms with Crippen molar-refractivity contribution in [3.05, 3.63) is 30.3 Å². The smallest absolute Gasteiger partial charge is 0.222 e. The van der Waals surface area contributed by atoms with Gasteiger partial charge in [0.15, 0.2) is 6.71 Å². The Morgan fingerprint density at radius 3 is 2.00 bits per heavy atom. The molecule has 0 aliphatic rings. The zero-order valence-corrected chi connectivity index (χ0v) is 18.4. The summed E-state index contributed by atoms with van der Waals surface area (Å²) in [5, 5.41) is 0.292. The van der Waals surface area contributed by atoms with E-state index in [9.17, 15) is 0 Å². The van der Waals surface area contributed by atoms with Crippen LogP contribution >= 0.6 is 0 Å². The van der Waals surface area contributed by atoms with Gasteiger partial charge in [-0.1, -0.05) is 114 Å². The van der Waals surface area contributed by atoms with Gasteiger partial charge in [0.2, 0.25) is 6.85 Å². The lowest BCUT2D eigenvalue weighted by Gasteiger charge is -2.36. The van der Waals surface area contributed by atoms with Gasteiger partial charge in [-0.25, -0.2) is 0 Å². The highest BCUT2D eigenvalue weighted by atomic mass is 15.0. The van der Waals surface area contributed by atoms with E-state index in [0.29, 0.717) is 30.1 Å². The summed E-state index contributed by atoms with van der Waals surface area (Å²) in [4.78, 5) is 2.40.